The van der Waals surface area contributed by atoms with Crippen molar-refractivity contribution in [3.05, 3.63) is 68.9 Å². The van der Waals surface area contributed by atoms with E-state index in [4.69, 9.17) is 11.6 Å². The van der Waals surface area contributed by atoms with Crippen LogP contribution in [0.15, 0.2) is 46.9 Å². The van der Waals surface area contributed by atoms with Crippen molar-refractivity contribution in [1.29, 1.82) is 0 Å². The van der Waals surface area contributed by atoms with E-state index in [9.17, 15) is 9.50 Å². The highest BCUT2D eigenvalue weighted by atomic mass is 79.9. The lowest BCUT2D eigenvalue weighted by atomic mass is 9.90. The second kappa shape index (κ2) is 6.25. The van der Waals surface area contributed by atoms with Crippen molar-refractivity contribution in [3.8, 4) is 0 Å². The zero-order chi connectivity index (χ0) is 14.8. The van der Waals surface area contributed by atoms with Gasteiger partial charge in [0.05, 0.1) is 10.6 Å². The Labute approximate surface area is 131 Å². The highest BCUT2D eigenvalue weighted by molar-refractivity contribution is 9.10. The first-order valence-electron chi connectivity index (χ1n) is 6.26. The topological polar surface area (TPSA) is 20.2 Å². The maximum atomic E-state index is 13.1. The van der Waals surface area contributed by atoms with Gasteiger partial charge in [0.15, 0.2) is 0 Å². The van der Waals surface area contributed by atoms with Gasteiger partial charge in [0, 0.05) is 17.3 Å². The van der Waals surface area contributed by atoms with Crippen LogP contribution in [0, 0.1) is 5.82 Å². The number of hydrogen-bond acceptors (Lipinski definition) is 1. The third kappa shape index (κ3) is 4.30. The van der Waals surface area contributed by atoms with Gasteiger partial charge in [0.1, 0.15) is 5.82 Å². The molecule has 0 saturated carbocycles. The maximum absolute atomic E-state index is 13.1. The highest BCUT2D eigenvalue weighted by Crippen LogP contribution is 2.23. The molecule has 0 radical (unpaired) electrons. The van der Waals surface area contributed by atoms with Crippen molar-refractivity contribution >= 4 is 27.5 Å². The van der Waals surface area contributed by atoms with E-state index < -0.39 is 11.4 Å². The van der Waals surface area contributed by atoms with E-state index in [1.165, 1.54) is 6.07 Å². The summed E-state index contributed by atoms with van der Waals surface area (Å²) in [5.41, 5.74) is 0.958. The first-order valence-corrected chi connectivity index (χ1v) is 7.44. The molecule has 4 heteroatoms. The lowest BCUT2D eigenvalue weighted by molar-refractivity contribution is 0.0608. The Morgan fingerprint density at radius 1 is 1.10 bits per heavy atom. The summed E-state index contributed by atoms with van der Waals surface area (Å²) in [6, 6.07) is 12.4. The van der Waals surface area contributed by atoms with E-state index in [0.29, 0.717) is 12.8 Å². The van der Waals surface area contributed by atoms with Gasteiger partial charge in [-0.25, -0.2) is 4.39 Å². The van der Waals surface area contributed by atoms with Crippen LogP contribution in [0.4, 0.5) is 4.39 Å². The minimum absolute atomic E-state index is 0.0851. The lowest BCUT2D eigenvalue weighted by Gasteiger charge is -2.23. The molecule has 0 aliphatic carbocycles. The molecule has 2 aromatic rings. The fraction of sp³-hybridized carbons (Fsp3) is 0.250. The third-order valence-corrected chi connectivity index (χ3v) is 3.89. The number of hydrogen-bond donors (Lipinski definition) is 1. The van der Waals surface area contributed by atoms with E-state index in [0.717, 1.165) is 15.6 Å². The number of benzene rings is 2. The third-order valence-electron chi connectivity index (χ3n) is 3.07. The van der Waals surface area contributed by atoms with Crippen molar-refractivity contribution in [2.24, 2.45) is 0 Å². The minimum Gasteiger partial charge on any atom is -0.389 e. The van der Waals surface area contributed by atoms with Crippen molar-refractivity contribution in [3.63, 3.8) is 0 Å². The molecule has 0 aliphatic heterocycles. The molecule has 0 amide bonds. The summed E-state index contributed by atoms with van der Waals surface area (Å²) in [5.74, 6) is -0.442. The fourth-order valence-corrected chi connectivity index (χ4v) is 2.66. The van der Waals surface area contributed by atoms with Gasteiger partial charge in [-0.2, -0.15) is 0 Å². The average molecular weight is 358 g/mol. The van der Waals surface area contributed by atoms with E-state index in [1.54, 1.807) is 19.1 Å². The van der Waals surface area contributed by atoms with Crippen molar-refractivity contribution in [1.82, 2.24) is 0 Å². The zero-order valence-electron chi connectivity index (χ0n) is 11.0. The largest absolute Gasteiger partial charge is 0.389 e. The molecule has 0 fully saturated rings. The van der Waals surface area contributed by atoms with Crippen LogP contribution in [0.1, 0.15) is 18.1 Å². The van der Waals surface area contributed by atoms with Crippen LogP contribution in [0.25, 0.3) is 0 Å². The quantitative estimate of drug-likeness (QED) is 0.835. The van der Waals surface area contributed by atoms with Gasteiger partial charge in [-0.3, -0.25) is 0 Å². The standard InChI is InChI=1S/C16H15BrClFO/c1-16(20,9-11-2-5-13(17)6-3-11)10-12-4-7-15(19)14(18)8-12/h2-8,20H,9-10H2,1H3. The first-order chi connectivity index (χ1) is 9.35. The van der Waals surface area contributed by atoms with E-state index >= 15 is 0 Å². The summed E-state index contributed by atoms with van der Waals surface area (Å²) in [6.45, 7) is 1.77. The SMILES string of the molecule is CC(O)(Cc1ccc(Br)cc1)Cc1ccc(F)c(Cl)c1. The molecule has 20 heavy (non-hydrogen) atoms. The van der Waals surface area contributed by atoms with E-state index in [2.05, 4.69) is 15.9 Å². The predicted molar refractivity (Wildman–Crippen MR) is 83.6 cm³/mol. The molecular formula is C16H15BrClFO. The van der Waals surface area contributed by atoms with Crippen LogP contribution in [0.3, 0.4) is 0 Å². The van der Waals surface area contributed by atoms with Gasteiger partial charge >= 0.3 is 0 Å². The Bertz CT molecular complexity index is 596. The molecule has 2 rings (SSSR count). The van der Waals surface area contributed by atoms with Crippen LogP contribution in [-0.4, -0.2) is 10.7 Å². The first kappa shape index (κ1) is 15.5. The molecule has 2 aromatic carbocycles. The summed E-state index contributed by atoms with van der Waals surface area (Å²) in [4.78, 5) is 0. The number of aliphatic hydroxyl groups is 1. The molecule has 0 aliphatic rings. The van der Waals surface area contributed by atoms with Crippen LogP contribution in [-0.2, 0) is 12.8 Å². The molecule has 0 saturated heterocycles. The smallest absolute Gasteiger partial charge is 0.141 e. The van der Waals surface area contributed by atoms with Crippen LogP contribution in [0.2, 0.25) is 5.02 Å². The monoisotopic (exact) mass is 356 g/mol. The molecule has 0 aromatic heterocycles. The summed E-state index contributed by atoms with van der Waals surface area (Å²) in [5, 5.41) is 10.6. The molecule has 1 atom stereocenters. The van der Waals surface area contributed by atoms with Crippen LogP contribution >= 0.6 is 27.5 Å². The molecule has 0 heterocycles. The van der Waals surface area contributed by atoms with Gasteiger partial charge in [-0.05, 0) is 42.3 Å². The molecular weight excluding hydrogens is 343 g/mol. The van der Waals surface area contributed by atoms with Gasteiger partial charge in [-0.1, -0.05) is 45.7 Å². The summed E-state index contributed by atoms with van der Waals surface area (Å²) in [7, 11) is 0. The van der Waals surface area contributed by atoms with Crippen molar-refractivity contribution < 1.29 is 9.50 Å². The molecule has 0 bridgehead atoms. The van der Waals surface area contributed by atoms with Crippen molar-refractivity contribution in [2.75, 3.05) is 0 Å². The van der Waals surface area contributed by atoms with E-state index in [1.807, 2.05) is 24.3 Å². The second-order valence-electron chi connectivity index (χ2n) is 5.23. The van der Waals surface area contributed by atoms with Crippen LogP contribution < -0.4 is 0 Å². The molecule has 1 N–H and O–H groups in total. The van der Waals surface area contributed by atoms with Crippen molar-refractivity contribution in [2.45, 2.75) is 25.4 Å². The van der Waals surface area contributed by atoms with Gasteiger partial charge in [-0.15, -0.1) is 0 Å². The predicted octanol–water partition coefficient (Wildman–Crippen LogP) is 4.78. The Balaban J connectivity index is 2.09. The van der Waals surface area contributed by atoms with Gasteiger partial charge < -0.3 is 5.11 Å². The number of halogens is 3. The van der Waals surface area contributed by atoms with Gasteiger partial charge in [0.2, 0.25) is 0 Å². The Morgan fingerprint density at radius 3 is 2.25 bits per heavy atom. The maximum Gasteiger partial charge on any atom is 0.141 e. The fourth-order valence-electron chi connectivity index (χ4n) is 2.19. The Kier molecular flexibility index (Phi) is 4.84. The second-order valence-corrected chi connectivity index (χ2v) is 6.55. The normalized spacial score (nSPS) is 14.1. The Hall–Kier alpha value is -0.900. The summed E-state index contributed by atoms with van der Waals surface area (Å²) in [6.07, 6.45) is 0.943. The molecule has 1 unspecified atom stereocenters. The minimum atomic E-state index is -0.908. The molecule has 106 valence electrons. The van der Waals surface area contributed by atoms with E-state index in [-0.39, 0.29) is 5.02 Å². The molecule has 1 nitrogen and oxygen atoms in total. The number of rotatable bonds is 4. The Morgan fingerprint density at radius 2 is 1.65 bits per heavy atom. The molecule has 0 spiro atoms. The van der Waals surface area contributed by atoms with Gasteiger partial charge in [0.25, 0.3) is 0 Å². The highest BCUT2D eigenvalue weighted by Gasteiger charge is 2.22. The average Bonchev–Trinajstić information content (AvgIpc) is 2.36. The van der Waals surface area contributed by atoms with Crippen LogP contribution in [0.5, 0.6) is 0 Å². The zero-order valence-corrected chi connectivity index (χ0v) is 13.4. The summed E-state index contributed by atoms with van der Waals surface area (Å²) >= 11 is 9.14. The lowest BCUT2D eigenvalue weighted by Crippen LogP contribution is -2.30. The summed E-state index contributed by atoms with van der Waals surface area (Å²) < 4.78 is 14.1.